The van der Waals surface area contributed by atoms with Gasteiger partial charge in [-0.05, 0) is 49.4 Å². The molecule has 0 spiro atoms. The van der Waals surface area contributed by atoms with Crippen LogP contribution in [0.15, 0.2) is 33.9 Å². The number of benzene rings is 1. The van der Waals surface area contributed by atoms with Crippen molar-refractivity contribution in [3.05, 3.63) is 50.7 Å². The van der Waals surface area contributed by atoms with E-state index in [1.165, 1.54) is 9.47 Å². The van der Waals surface area contributed by atoms with Gasteiger partial charge in [-0.15, -0.1) is 0 Å². The highest BCUT2D eigenvalue weighted by Gasteiger charge is 2.30. The van der Waals surface area contributed by atoms with E-state index in [9.17, 15) is 19.2 Å². The Morgan fingerprint density at radius 3 is 2.48 bits per heavy atom. The van der Waals surface area contributed by atoms with Crippen molar-refractivity contribution in [1.29, 1.82) is 0 Å². The number of methoxy groups -OCH3 is 1. The van der Waals surface area contributed by atoms with E-state index in [1.54, 1.807) is 31.4 Å². The highest BCUT2D eigenvalue weighted by Crippen LogP contribution is 2.30. The van der Waals surface area contributed by atoms with Gasteiger partial charge in [0.25, 0.3) is 11.5 Å². The number of hydrogen-bond donors (Lipinski definition) is 3. The van der Waals surface area contributed by atoms with Crippen LogP contribution in [0.5, 0.6) is 0 Å². The molecular weight excluding hydrogens is 426 g/mol. The molecule has 0 unspecified atom stereocenters. The maximum Gasteiger partial charge on any atom is 0.330 e. The van der Waals surface area contributed by atoms with Crippen LogP contribution in [0.3, 0.4) is 0 Å². The molecule has 1 aromatic carbocycles. The average molecular weight is 458 g/mol. The number of nitrogen functional groups attached to an aromatic ring is 1. The number of aromatic amines is 1. The Kier molecular flexibility index (Phi) is 7.70. The van der Waals surface area contributed by atoms with Gasteiger partial charge in [-0.2, -0.15) is 0 Å². The summed E-state index contributed by atoms with van der Waals surface area (Å²) in [5.41, 5.74) is 5.74. The molecule has 0 atom stereocenters. The summed E-state index contributed by atoms with van der Waals surface area (Å²) in [6.07, 6.45) is 2.25. The van der Waals surface area contributed by atoms with Gasteiger partial charge in [0.15, 0.2) is 5.69 Å². The van der Waals surface area contributed by atoms with Gasteiger partial charge in [0.05, 0.1) is 0 Å². The molecule has 2 aromatic rings. The minimum absolute atomic E-state index is 0.0259. The first kappa shape index (κ1) is 24.2. The van der Waals surface area contributed by atoms with E-state index < -0.39 is 17.2 Å². The van der Waals surface area contributed by atoms with Crippen LogP contribution in [0.1, 0.15) is 43.5 Å². The summed E-state index contributed by atoms with van der Waals surface area (Å²) in [5, 5.41) is 2.83. The minimum atomic E-state index is -0.725. The van der Waals surface area contributed by atoms with Crippen molar-refractivity contribution in [2.45, 2.75) is 39.7 Å². The van der Waals surface area contributed by atoms with Crippen molar-refractivity contribution in [3.8, 4) is 0 Å². The molecule has 0 bridgehead atoms. The fourth-order valence-corrected chi connectivity index (χ4v) is 3.51. The Labute approximate surface area is 191 Å². The molecular formula is C23H31N5O5. The molecule has 3 rings (SSSR count). The van der Waals surface area contributed by atoms with Crippen LogP contribution < -0.4 is 27.2 Å². The van der Waals surface area contributed by atoms with E-state index in [-0.39, 0.29) is 35.8 Å². The molecule has 0 aliphatic heterocycles. The number of nitrogens with zero attached hydrogens (tertiary/aromatic N) is 2. The molecule has 1 aliphatic carbocycles. The lowest BCUT2D eigenvalue weighted by Crippen LogP contribution is -2.42. The molecule has 1 heterocycles. The van der Waals surface area contributed by atoms with Crippen molar-refractivity contribution >= 4 is 29.0 Å². The molecule has 178 valence electrons. The number of aromatic nitrogens is 2. The Morgan fingerprint density at radius 2 is 1.91 bits per heavy atom. The molecule has 10 nitrogen and oxygen atoms in total. The number of anilines is 3. The first-order valence-electron chi connectivity index (χ1n) is 11.1. The second kappa shape index (κ2) is 10.5. The Morgan fingerprint density at radius 1 is 1.24 bits per heavy atom. The van der Waals surface area contributed by atoms with Gasteiger partial charge in [0, 0.05) is 44.0 Å². The van der Waals surface area contributed by atoms with Crippen LogP contribution in [0, 0.1) is 11.8 Å². The summed E-state index contributed by atoms with van der Waals surface area (Å²) >= 11 is 0. The SMILES string of the molecule is COCCCN(C(=O)c1ccc(NC(=O)C2CC2)cc1)c1c(N)n(CC(C)C)c(=O)[nH]c1=O. The monoisotopic (exact) mass is 457 g/mol. The topological polar surface area (TPSA) is 140 Å². The third kappa shape index (κ3) is 5.89. The van der Waals surface area contributed by atoms with Crippen LogP contribution in [0.25, 0.3) is 0 Å². The predicted molar refractivity (Wildman–Crippen MR) is 127 cm³/mol. The number of nitrogens with two attached hydrogens (primary N) is 1. The zero-order valence-corrected chi connectivity index (χ0v) is 19.2. The third-order valence-electron chi connectivity index (χ3n) is 5.35. The summed E-state index contributed by atoms with van der Waals surface area (Å²) in [6, 6.07) is 6.47. The van der Waals surface area contributed by atoms with Crippen LogP contribution >= 0.6 is 0 Å². The lowest BCUT2D eigenvalue weighted by atomic mass is 10.1. The number of amides is 2. The number of hydrogen-bond acceptors (Lipinski definition) is 6. The zero-order chi connectivity index (χ0) is 24.1. The second-order valence-electron chi connectivity index (χ2n) is 8.64. The van der Waals surface area contributed by atoms with Gasteiger partial charge in [0.1, 0.15) is 5.82 Å². The lowest BCUT2D eigenvalue weighted by Gasteiger charge is -2.25. The fraction of sp³-hybridized carbons (Fsp3) is 0.478. The number of nitrogens with one attached hydrogen (secondary N) is 2. The van der Waals surface area contributed by atoms with Gasteiger partial charge in [-0.25, -0.2) is 4.79 Å². The first-order chi connectivity index (χ1) is 15.7. The van der Waals surface area contributed by atoms with Crippen LogP contribution in [0.2, 0.25) is 0 Å². The Bertz CT molecular complexity index is 1120. The summed E-state index contributed by atoms with van der Waals surface area (Å²) in [6.45, 7) is 4.67. The van der Waals surface area contributed by atoms with Crippen molar-refractivity contribution in [3.63, 3.8) is 0 Å². The molecule has 1 saturated carbocycles. The Balaban J connectivity index is 1.94. The first-order valence-corrected chi connectivity index (χ1v) is 11.1. The normalized spacial score (nSPS) is 13.2. The quantitative estimate of drug-likeness (QED) is 0.465. The summed E-state index contributed by atoms with van der Waals surface area (Å²) in [7, 11) is 1.55. The van der Waals surface area contributed by atoms with E-state index in [2.05, 4.69) is 10.3 Å². The van der Waals surface area contributed by atoms with Crippen molar-refractivity contribution in [2.24, 2.45) is 11.8 Å². The minimum Gasteiger partial charge on any atom is -0.385 e. The van der Waals surface area contributed by atoms with E-state index in [1.807, 2.05) is 13.8 Å². The average Bonchev–Trinajstić information content (AvgIpc) is 3.61. The Hall–Kier alpha value is -3.40. The number of rotatable bonds is 10. The second-order valence-corrected chi connectivity index (χ2v) is 8.64. The van der Waals surface area contributed by atoms with Crippen molar-refractivity contribution < 1.29 is 14.3 Å². The predicted octanol–water partition coefficient (Wildman–Crippen LogP) is 1.81. The van der Waals surface area contributed by atoms with Gasteiger partial charge in [-0.3, -0.25) is 23.9 Å². The fourth-order valence-electron chi connectivity index (χ4n) is 3.51. The summed E-state index contributed by atoms with van der Waals surface area (Å²) in [4.78, 5) is 54.0. The number of carbonyl (C=O) groups is 2. The van der Waals surface area contributed by atoms with E-state index >= 15 is 0 Å². The lowest BCUT2D eigenvalue weighted by molar-refractivity contribution is -0.117. The summed E-state index contributed by atoms with van der Waals surface area (Å²) in [5.74, 6) is -0.366. The largest absolute Gasteiger partial charge is 0.385 e. The molecule has 1 aliphatic rings. The van der Waals surface area contributed by atoms with E-state index in [0.717, 1.165) is 12.8 Å². The zero-order valence-electron chi connectivity index (χ0n) is 19.2. The molecule has 4 N–H and O–H groups in total. The van der Waals surface area contributed by atoms with Gasteiger partial charge in [0.2, 0.25) is 5.91 Å². The van der Waals surface area contributed by atoms with E-state index in [0.29, 0.717) is 30.8 Å². The van der Waals surface area contributed by atoms with Crippen LogP contribution in [-0.4, -0.2) is 41.6 Å². The van der Waals surface area contributed by atoms with E-state index in [4.69, 9.17) is 10.5 Å². The molecule has 0 saturated heterocycles. The number of ether oxygens (including phenoxy) is 1. The van der Waals surface area contributed by atoms with Crippen molar-refractivity contribution in [1.82, 2.24) is 9.55 Å². The van der Waals surface area contributed by atoms with Gasteiger partial charge >= 0.3 is 5.69 Å². The third-order valence-corrected chi connectivity index (χ3v) is 5.35. The molecule has 1 fully saturated rings. The molecule has 0 radical (unpaired) electrons. The van der Waals surface area contributed by atoms with Crippen molar-refractivity contribution in [2.75, 3.05) is 36.2 Å². The van der Waals surface area contributed by atoms with Gasteiger partial charge < -0.3 is 20.7 Å². The maximum absolute atomic E-state index is 13.4. The number of H-pyrrole nitrogens is 1. The summed E-state index contributed by atoms with van der Waals surface area (Å²) < 4.78 is 6.37. The highest BCUT2D eigenvalue weighted by atomic mass is 16.5. The molecule has 10 heteroatoms. The molecule has 2 amide bonds. The van der Waals surface area contributed by atoms with Crippen LogP contribution in [-0.2, 0) is 16.1 Å². The van der Waals surface area contributed by atoms with Gasteiger partial charge in [-0.1, -0.05) is 13.8 Å². The van der Waals surface area contributed by atoms with Crippen LogP contribution in [0.4, 0.5) is 17.2 Å². The maximum atomic E-state index is 13.4. The standard InChI is InChI=1S/C23H31N5O5/c1-14(2)13-28-19(24)18(21(30)26-23(28)32)27(11-4-12-33-3)22(31)16-7-9-17(10-8-16)25-20(29)15-5-6-15/h7-10,14-15H,4-6,11-13,24H2,1-3H3,(H,25,29)(H,26,30,32). The molecule has 1 aromatic heterocycles. The smallest absolute Gasteiger partial charge is 0.330 e. The number of carbonyl (C=O) groups excluding carboxylic acids is 2. The highest BCUT2D eigenvalue weighted by molar-refractivity contribution is 6.07. The molecule has 33 heavy (non-hydrogen) atoms.